The molecule has 0 bridgehead atoms. The molecule has 0 radical (unpaired) electrons. The molecule has 0 spiro atoms. The van der Waals surface area contributed by atoms with Gasteiger partial charge in [-0.3, -0.25) is 4.79 Å². The van der Waals surface area contributed by atoms with E-state index in [0.29, 0.717) is 16.9 Å². The third-order valence-electron chi connectivity index (χ3n) is 3.12. The summed E-state index contributed by atoms with van der Waals surface area (Å²) in [4.78, 5) is 11.3. The molecule has 2 aromatic rings. The Kier molecular flexibility index (Phi) is 3.56. The maximum atomic E-state index is 11.3. The van der Waals surface area contributed by atoms with Gasteiger partial charge in [-0.05, 0) is 31.0 Å². The molecule has 3 nitrogen and oxygen atoms in total. The summed E-state index contributed by atoms with van der Waals surface area (Å²) in [5, 5.41) is 10.0. The van der Waals surface area contributed by atoms with Gasteiger partial charge in [-0.2, -0.15) is 0 Å². The van der Waals surface area contributed by atoms with Gasteiger partial charge in [0, 0.05) is 5.56 Å². The van der Waals surface area contributed by atoms with Crippen LogP contribution in [0.1, 0.15) is 22.8 Å². The maximum absolute atomic E-state index is 11.3. The molecule has 0 aliphatic rings. The van der Waals surface area contributed by atoms with Gasteiger partial charge >= 0.3 is 0 Å². The quantitative estimate of drug-likeness (QED) is 0.854. The molecule has 0 saturated carbocycles. The normalized spacial score (nSPS) is 10.3. The number of phenols is 1. The number of aryl methyl sites for hydroxylation is 1. The minimum atomic E-state index is 0.0204. The number of hydrogen-bond donors (Lipinski definition) is 1. The van der Waals surface area contributed by atoms with Crippen LogP contribution in [0.5, 0.6) is 11.5 Å². The summed E-state index contributed by atoms with van der Waals surface area (Å²) in [6.07, 6.45) is 0. The topological polar surface area (TPSA) is 46.5 Å². The second kappa shape index (κ2) is 5.14. The van der Waals surface area contributed by atoms with Crippen molar-refractivity contribution in [2.24, 2.45) is 0 Å². The molecule has 19 heavy (non-hydrogen) atoms. The van der Waals surface area contributed by atoms with Crippen LogP contribution in [0.2, 0.25) is 0 Å². The van der Waals surface area contributed by atoms with Crippen LogP contribution in [0.25, 0.3) is 11.1 Å². The second-order valence-electron chi connectivity index (χ2n) is 4.44. The highest BCUT2D eigenvalue weighted by atomic mass is 16.5. The maximum Gasteiger partial charge on any atom is 0.159 e. The molecule has 0 aliphatic heterocycles. The number of aromatic hydroxyl groups is 1. The molecule has 2 aromatic carbocycles. The summed E-state index contributed by atoms with van der Waals surface area (Å²) in [7, 11) is 1.58. The van der Waals surface area contributed by atoms with E-state index in [9.17, 15) is 9.90 Å². The Labute approximate surface area is 112 Å². The molecule has 0 atom stereocenters. The van der Waals surface area contributed by atoms with Gasteiger partial charge in [-0.25, -0.2) is 0 Å². The van der Waals surface area contributed by atoms with Gasteiger partial charge in [0.15, 0.2) is 5.78 Å². The van der Waals surface area contributed by atoms with Crippen LogP contribution in [0.4, 0.5) is 0 Å². The highest BCUT2D eigenvalue weighted by molar-refractivity contribution is 5.94. The number of carbonyl (C=O) groups excluding carboxylic acids is 1. The van der Waals surface area contributed by atoms with Gasteiger partial charge in [0.1, 0.15) is 11.5 Å². The molecule has 0 unspecified atom stereocenters. The molecular weight excluding hydrogens is 240 g/mol. The highest BCUT2D eigenvalue weighted by Gasteiger charge is 2.13. The Balaban J connectivity index is 2.58. The molecule has 0 fully saturated rings. The smallest absolute Gasteiger partial charge is 0.159 e. The summed E-state index contributed by atoms with van der Waals surface area (Å²) in [6.45, 7) is 3.45. The first kappa shape index (κ1) is 13.1. The fraction of sp³-hybridized carbons (Fsp3) is 0.188. The van der Waals surface area contributed by atoms with Crippen LogP contribution in [-0.4, -0.2) is 18.0 Å². The van der Waals surface area contributed by atoms with Gasteiger partial charge in [0.2, 0.25) is 0 Å². The van der Waals surface area contributed by atoms with Crippen molar-refractivity contribution >= 4 is 5.78 Å². The van der Waals surface area contributed by atoms with Crippen molar-refractivity contribution in [2.75, 3.05) is 7.11 Å². The van der Waals surface area contributed by atoms with Crippen LogP contribution in [0, 0.1) is 6.92 Å². The predicted molar refractivity (Wildman–Crippen MR) is 74.8 cm³/mol. The first-order valence-electron chi connectivity index (χ1n) is 6.02. The van der Waals surface area contributed by atoms with Crippen molar-refractivity contribution in [3.05, 3.63) is 47.5 Å². The molecule has 0 aliphatic carbocycles. The zero-order valence-electron chi connectivity index (χ0n) is 11.2. The van der Waals surface area contributed by atoms with Crippen LogP contribution in [0.3, 0.4) is 0 Å². The lowest BCUT2D eigenvalue weighted by Crippen LogP contribution is -1.94. The molecule has 0 heterocycles. The number of methoxy groups -OCH3 is 1. The summed E-state index contributed by atoms with van der Waals surface area (Å²) in [5.74, 6) is 0.834. The molecule has 3 heteroatoms. The van der Waals surface area contributed by atoms with Crippen molar-refractivity contribution in [1.82, 2.24) is 0 Å². The summed E-state index contributed by atoms with van der Waals surface area (Å²) in [6, 6.07) is 10.6. The van der Waals surface area contributed by atoms with Gasteiger partial charge in [0.25, 0.3) is 0 Å². The van der Waals surface area contributed by atoms with Gasteiger partial charge in [0.05, 0.1) is 12.7 Å². The Hall–Kier alpha value is -2.29. The van der Waals surface area contributed by atoms with Crippen molar-refractivity contribution in [1.29, 1.82) is 0 Å². The summed E-state index contributed by atoms with van der Waals surface area (Å²) >= 11 is 0. The Morgan fingerprint density at radius 3 is 2.26 bits per heavy atom. The average Bonchev–Trinajstić information content (AvgIpc) is 2.41. The number of ketones is 1. The SMILES string of the molecule is COc1c(C)ccc(O)c1-c1ccc(C(C)=O)cc1. The fourth-order valence-corrected chi connectivity index (χ4v) is 2.09. The molecule has 98 valence electrons. The molecular formula is C16H16O3. The number of phenolic OH excluding ortho intramolecular Hbond substituents is 1. The third-order valence-corrected chi connectivity index (χ3v) is 3.12. The second-order valence-corrected chi connectivity index (χ2v) is 4.44. The standard InChI is InChI=1S/C16H16O3/c1-10-4-9-14(18)15(16(10)19-3)13-7-5-12(6-8-13)11(2)17/h4-9,18H,1-3H3. The van der Waals surface area contributed by atoms with E-state index in [2.05, 4.69) is 0 Å². The van der Waals surface area contributed by atoms with E-state index in [1.165, 1.54) is 6.92 Å². The van der Waals surface area contributed by atoms with Crippen LogP contribution < -0.4 is 4.74 Å². The summed E-state index contributed by atoms with van der Waals surface area (Å²) in [5.41, 5.74) is 3.07. The predicted octanol–water partition coefficient (Wildman–Crippen LogP) is 3.58. The fourth-order valence-electron chi connectivity index (χ4n) is 2.09. The molecule has 0 aromatic heterocycles. The number of hydrogen-bond acceptors (Lipinski definition) is 3. The lowest BCUT2D eigenvalue weighted by molar-refractivity contribution is 0.101. The zero-order valence-corrected chi connectivity index (χ0v) is 11.2. The minimum Gasteiger partial charge on any atom is -0.507 e. The van der Waals surface area contributed by atoms with E-state index in [0.717, 1.165) is 11.1 Å². The van der Waals surface area contributed by atoms with Crippen LogP contribution in [-0.2, 0) is 0 Å². The Morgan fingerprint density at radius 2 is 1.74 bits per heavy atom. The highest BCUT2D eigenvalue weighted by Crippen LogP contribution is 2.39. The number of ether oxygens (including phenoxy) is 1. The zero-order chi connectivity index (χ0) is 14.0. The first-order valence-corrected chi connectivity index (χ1v) is 6.02. The van der Waals surface area contributed by atoms with Gasteiger partial charge in [-0.1, -0.05) is 30.3 Å². The monoisotopic (exact) mass is 256 g/mol. The van der Waals surface area contributed by atoms with Crippen molar-refractivity contribution in [3.8, 4) is 22.6 Å². The van der Waals surface area contributed by atoms with E-state index >= 15 is 0 Å². The lowest BCUT2D eigenvalue weighted by Gasteiger charge is -2.13. The molecule has 0 saturated heterocycles. The third kappa shape index (κ3) is 2.45. The van der Waals surface area contributed by atoms with E-state index in [1.54, 1.807) is 25.3 Å². The van der Waals surface area contributed by atoms with Crippen molar-refractivity contribution in [3.63, 3.8) is 0 Å². The van der Waals surface area contributed by atoms with Gasteiger partial charge < -0.3 is 9.84 Å². The van der Waals surface area contributed by atoms with E-state index in [-0.39, 0.29) is 11.5 Å². The Bertz CT molecular complexity index is 613. The van der Waals surface area contributed by atoms with Crippen LogP contribution in [0.15, 0.2) is 36.4 Å². The van der Waals surface area contributed by atoms with E-state index in [1.807, 2.05) is 25.1 Å². The number of Topliss-reactive ketones (excluding diaryl/α,β-unsaturated/α-hetero) is 1. The van der Waals surface area contributed by atoms with E-state index in [4.69, 9.17) is 4.74 Å². The van der Waals surface area contributed by atoms with Crippen LogP contribution >= 0.6 is 0 Å². The lowest BCUT2D eigenvalue weighted by atomic mass is 9.99. The van der Waals surface area contributed by atoms with Crippen molar-refractivity contribution < 1.29 is 14.6 Å². The number of carbonyl (C=O) groups is 1. The number of rotatable bonds is 3. The van der Waals surface area contributed by atoms with Gasteiger partial charge in [-0.15, -0.1) is 0 Å². The minimum absolute atomic E-state index is 0.0204. The average molecular weight is 256 g/mol. The Morgan fingerprint density at radius 1 is 1.11 bits per heavy atom. The molecule has 0 amide bonds. The number of benzene rings is 2. The molecule has 1 N–H and O–H groups in total. The summed E-state index contributed by atoms with van der Waals surface area (Å²) < 4.78 is 5.36. The largest absolute Gasteiger partial charge is 0.507 e. The molecule has 2 rings (SSSR count). The first-order chi connectivity index (χ1) is 9.04. The van der Waals surface area contributed by atoms with Crippen molar-refractivity contribution in [2.45, 2.75) is 13.8 Å². The van der Waals surface area contributed by atoms with E-state index < -0.39 is 0 Å².